The smallest absolute Gasteiger partial charge is 0.406 e. The molecule has 1 atom stereocenters. The molecule has 1 aromatic rings. The van der Waals surface area contributed by atoms with Gasteiger partial charge < -0.3 is 20.1 Å². The SMILES string of the molecule is COc1ccc(Cl)c2c1N(CC(F)(F)F)C(O)C21CCNCC1. The predicted molar refractivity (Wildman–Crippen MR) is 81.2 cm³/mol. The average molecular weight is 351 g/mol. The van der Waals surface area contributed by atoms with Crippen LogP contribution in [0.25, 0.3) is 0 Å². The highest BCUT2D eigenvalue weighted by Crippen LogP contribution is 2.56. The maximum Gasteiger partial charge on any atom is 0.406 e. The molecular weight excluding hydrogens is 333 g/mol. The molecule has 1 spiro atoms. The number of hydrogen-bond acceptors (Lipinski definition) is 4. The number of rotatable bonds is 2. The normalized spacial score (nSPS) is 23.2. The third-order valence-corrected chi connectivity index (χ3v) is 5.04. The van der Waals surface area contributed by atoms with Crippen molar-refractivity contribution in [1.82, 2.24) is 5.32 Å². The fourth-order valence-corrected chi connectivity index (χ4v) is 4.10. The Labute approximate surface area is 137 Å². The standard InChI is InChI=1S/C15H18ClF3N2O2/c1-23-10-3-2-9(16)11-12(10)21(8-15(17,18)19)13(22)14(11)4-6-20-7-5-14/h2-3,13,20,22H,4-8H2,1H3. The third-order valence-electron chi connectivity index (χ3n) is 4.73. The van der Waals surface area contributed by atoms with E-state index in [0.717, 1.165) is 4.90 Å². The molecule has 2 aliphatic heterocycles. The van der Waals surface area contributed by atoms with E-state index in [9.17, 15) is 18.3 Å². The van der Waals surface area contributed by atoms with Crippen LogP contribution in [0.2, 0.25) is 5.02 Å². The van der Waals surface area contributed by atoms with Gasteiger partial charge in [0.25, 0.3) is 0 Å². The van der Waals surface area contributed by atoms with Crippen LogP contribution < -0.4 is 15.0 Å². The molecule has 2 aliphatic rings. The first-order valence-corrected chi connectivity index (χ1v) is 7.77. The van der Waals surface area contributed by atoms with Crippen molar-refractivity contribution in [1.29, 1.82) is 0 Å². The van der Waals surface area contributed by atoms with E-state index >= 15 is 0 Å². The van der Waals surface area contributed by atoms with Crippen molar-refractivity contribution in [3.63, 3.8) is 0 Å². The first-order valence-electron chi connectivity index (χ1n) is 7.39. The van der Waals surface area contributed by atoms with E-state index in [-0.39, 0.29) is 5.69 Å². The van der Waals surface area contributed by atoms with Crippen molar-refractivity contribution in [2.45, 2.75) is 30.7 Å². The molecule has 2 heterocycles. The average Bonchev–Trinajstić information content (AvgIpc) is 2.71. The molecule has 4 nitrogen and oxygen atoms in total. The van der Waals surface area contributed by atoms with E-state index in [2.05, 4.69) is 5.32 Å². The Balaban J connectivity index is 2.18. The highest BCUT2D eigenvalue weighted by Gasteiger charge is 2.55. The van der Waals surface area contributed by atoms with Crippen LogP contribution in [-0.2, 0) is 5.41 Å². The third kappa shape index (κ3) is 2.64. The lowest BCUT2D eigenvalue weighted by molar-refractivity contribution is -0.125. The van der Waals surface area contributed by atoms with Gasteiger partial charge in [-0.1, -0.05) is 11.6 Å². The van der Waals surface area contributed by atoms with Gasteiger partial charge in [0.2, 0.25) is 0 Å². The molecule has 23 heavy (non-hydrogen) atoms. The number of ether oxygens (including phenoxy) is 1. The molecule has 0 radical (unpaired) electrons. The van der Waals surface area contributed by atoms with Gasteiger partial charge in [-0.15, -0.1) is 0 Å². The molecule has 1 saturated heterocycles. The van der Waals surface area contributed by atoms with Gasteiger partial charge in [-0.3, -0.25) is 0 Å². The second-order valence-corrected chi connectivity index (χ2v) is 6.40. The largest absolute Gasteiger partial charge is 0.495 e. The number of piperidine rings is 1. The highest BCUT2D eigenvalue weighted by atomic mass is 35.5. The minimum absolute atomic E-state index is 0.256. The zero-order valence-corrected chi connectivity index (χ0v) is 13.3. The summed E-state index contributed by atoms with van der Waals surface area (Å²) >= 11 is 6.33. The quantitative estimate of drug-likeness (QED) is 0.861. The number of nitrogens with one attached hydrogen (secondary N) is 1. The Morgan fingerprint density at radius 3 is 2.61 bits per heavy atom. The van der Waals surface area contributed by atoms with Crippen LogP contribution in [0, 0.1) is 0 Å². The number of halogens is 4. The number of nitrogens with zero attached hydrogens (tertiary/aromatic N) is 1. The summed E-state index contributed by atoms with van der Waals surface area (Å²) in [4.78, 5) is 0.978. The lowest BCUT2D eigenvalue weighted by atomic mass is 9.73. The molecule has 8 heteroatoms. The lowest BCUT2D eigenvalue weighted by Gasteiger charge is -2.39. The van der Waals surface area contributed by atoms with Gasteiger partial charge >= 0.3 is 6.18 Å². The van der Waals surface area contributed by atoms with Gasteiger partial charge in [-0.05, 0) is 38.1 Å². The highest BCUT2D eigenvalue weighted by molar-refractivity contribution is 6.32. The number of aliphatic hydroxyl groups is 1. The Kier molecular flexibility index (Phi) is 4.14. The molecule has 1 fully saturated rings. The first-order chi connectivity index (χ1) is 10.8. The Bertz CT molecular complexity index is 603. The van der Waals surface area contributed by atoms with E-state index in [1.54, 1.807) is 6.07 Å². The Morgan fingerprint density at radius 1 is 1.39 bits per heavy atom. The molecule has 128 valence electrons. The summed E-state index contributed by atoms with van der Waals surface area (Å²) in [7, 11) is 1.40. The minimum atomic E-state index is -4.44. The minimum Gasteiger partial charge on any atom is -0.495 e. The van der Waals surface area contributed by atoms with E-state index in [1.807, 2.05) is 0 Å². The number of methoxy groups -OCH3 is 1. The number of benzene rings is 1. The molecule has 0 aromatic heterocycles. The molecule has 0 amide bonds. The molecule has 1 unspecified atom stereocenters. The summed E-state index contributed by atoms with van der Waals surface area (Å²) in [6.07, 6.45) is -4.69. The van der Waals surface area contributed by atoms with Gasteiger partial charge in [0.1, 0.15) is 18.5 Å². The van der Waals surface area contributed by atoms with Crippen molar-refractivity contribution >= 4 is 17.3 Å². The van der Waals surface area contributed by atoms with Crippen molar-refractivity contribution in [3.05, 3.63) is 22.7 Å². The summed E-state index contributed by atoms with van der Waals surface area (Å²) in [5.74, 6) is 0.295. The Hall–Kier alpha value is -1.18. The van der Waals surface area contributed by atoms with Crippen LogP contribution in [0.4, 0.5) is 18.9 Å². The van der Waals surface area contributed by atoms with E-state index in [1.165, 1.54) is 13.2 Å². The van der Waals surface area contributed by atoms with Crippen LogP contribution in [0.3, 0.4) is 0 Å². The number of hydrogen-bond donors (Lipinski definition) is 2. The van der Waals surface area contributed by atoms with Crippen molar-refractivity contribution in [2.75, 3.05) is 31.6 Å². The van der Waals surface area contributed by atoms with E-state index in [4.69, 9.17) is 16.3 Å². The number of aliphatic hydroxyl groups excluding tert-OH is 1. The maximum atomic E-state index is 13.0. The van der Waals surface area contributed by atoms with Crippen LogP contribution in [0.15, 0.2) is 12.1 Å². The molecule has 0 aliphatic carbocycles. The predicted octanol–water partition coefficient (Wildman–Crippen LogP) is 2.67. The van der Waals surface area contributed by atoms with Crippen LogP contribution in [0.1, 0.15) is 18.4 Å². The maximum absolute atomic E-state index is 13.0. The van der Waals surface area contributed by atoms with Gasteiger partial charge in [0.15, 0.2) is 0 Å². The van der Waals surface area contributed by atoms with E-state index < -0.39 is 24.4 Å². The first kappa shape index (κ1) is 16.7. The lowest BCUT2D eigenvalue weighted by Crippen LogP contribution is -2.52. The van der Waals surface area contributed by atoms with Crippen LogP contribution in [-0.4, -0.2) is 44.3 Å². The Morgan fingerprint density at radius 2 is 2.04 bits per heavy atom. The summed E-state index contributed by atoms with van der Waals surface area (Å²) in [5, 5.41) is 14.3. The molecule has 0 saturated carbocycles. The zero-order valence-electron chi connectivity index (χ0n) is 12.6. The summed E-state index contributed by atoms with van der Waals surface area (Å²) in [6, 6.07) is 3.16. The van der Waals surface area contributed by atoms with Crippen molar-refractivity contribution < 1.29 is 23.0 Å². The van der Waals surface area contributed by atoms with Crippen molar-refractivity contribution in [3.8, 4) is 5.75 Å². The molecule has 3 rings (SSSR count). The number of anilines is 1. The molecule has 2 N–H and O–H groups in total. The van der Waals surface area contributed by atoms with Gasteiger partial charge in [-0.2, -0.15) is 13.2 Å². The van der Waals surface area contributed by atoms with Gasteiger partial charge in [-0.25, -0.2) is 0 Å². The monoisotopic (exact) mass is 350 g/mol. The van der Waals surface area contributed by atoms with Gasteiger partial charge in [0, 0.05) is 16.0 Å². The van der Waals surface area contributed by atoms with Crippen LogP contribution >= 0.6 is 11.6 Å². The number of alkyl halides is 3. The molecular formula is C15H18ClF3N2O2. The van der Waals surface area contributed by atoms with Gasteiger partial charge in [0.05, 0.1) is 12.8 Å². The molecule has 1 aromatic carbocycles. The summed E-state index contributed by atoms with van der Waals surface area (Å²) in [5.41, 5.74) is 0.0146. The fourth-order valence-electron chi connectivity index (χ4n) is 3.76. The molecule has 0 bridgehead atoms. The number of fused-ring (bicyclic) bond motifs is 2. The second kappa shape index (κ2) is 5.72. The zero-order chi connectivity index (χ0) is 16.8. The van der Waals surface area contributed by atoms with Crippen LogP contribution in [0.5, 0.6) is 5.75 Å². The topological polar surface area (TPSA) is 44.7 Å². The summed E-state index contributed by atoms with van der Waals surface area (Å²) < 4.78 is 44.3. The second-order valence-electron chi connectivity index (χ2n) is 6.00. The van der Waals surface area contributed by atoms with Crippen molar-refractivity contribution in [2.24, 2.45) is 0 Å². The fraction of sp³-hybridized carbons (Fsp3) is 0.600. The summed E-state index contributed by atoms with van der Waals surface area (Å²) in [6.45, 7) is -0.0131. The van der Waals surface area contributed by atoms with E-state index in [0.29, 0.717) is 42.3 Å².